The van der Waals surface area contributed by atoms with Gasteiger partial charge >= 0.3 is 0 Å². The van der Waals surface area contributed by atoms with Crippen molar-refractivity contribution in [1.82, 2.24) is 0 Å². The first-order valence-corrected chi connectivity index (χ1v) is 8.32. The van der Waals surface area contributed by atoms with Crippen molar-refractivity contribution in [2.75, 3.05) is 5.75 Å². The molecule has 0 N–H and O–H groups in total. The lowest BCUT2D eigenvalue weighted by Gasteiger charge is -1.99. The molecule has 106 valence electrons. The quantitative estimate of drug-likeness (QED) is 0.455. The Hall–Kier alpha value is -1.52. The first-order valence-electron chi connectivity index (χ1n) is 6.54. The summed E-state index contributed by atoms with van der Waals surface area (Å²) in [6, 6.07) is 15.7. The standard InChI is InChI=1S/C17H13BrO2S/c1-11-3-2-4-12-9-16(20-17(11)12)15(19)10-21-14-7-5-13(18)6-8-14/h2-9H,10H2,1H3. The lowest BCUT2D eigenvalue weighted by atomic mass is 10.2. The molecule has 1 heterocycles. The third-order valence-electron chi connectivity index (χ3n) is 3.20. The molecule has 0 saturated heterocycles. The number of thioether (sulfide) groups is 1. The summed E-state index contributed by atoms with van der Waals surface area (Å²) in [5.74, 6) is 0.822. The Balaban J connectivity index is 1.75. The van der Waals surface area contributed by atoms with E-state index in [9.17, 15) is 4.79 Å². The molecule has 0 aliphatic carbocycles. The molecule has 0 amide bonds. The van der Waals surface area contributed by atoms with E-state index in [-0.39, 0.29) is 5.78 Å². The summed E-state index contributed by atoms with van der Waals surface area (Å²) in [6.07, 6.45) is 0. The Labute approximate surface area is 135 Å². The van der Waals surface area contributed by atoms with Crippen LogP contribution < -0.4 is 0 Å². The van der Waals surface area contributed by atoms with Crippen molar-refractivity contribution in [3.63, 3.8) is 0 Å². The number of benzene rings is 2. The van der Waals surface area contributed by atoms with Gasteiger partial charge in [0.15, 0.2) is 5.76 Å². The maximum atomic E-state index is 12.2. The molecule has 0 aliphatic rings. The zero-order valence-corrected chi connectivity index (χ0v) is 13.8. The highest BCUT2D eigenvalue weighted by Gasteiger charge is 2.13. The van der Waals surface area contributed by atoms with Gasteiger partial charge in [0, 0.05) is 14.8 Å². The zero-order valence-electron chi connectivity index (χ0n) is 11.4. The first-order chi connectivity index (χ1) is 10.1. The molecular weight excluding hydrogens is 348 g/mol. The number of para-hydroxylation sites is 1. The van der Waals surface area contributed by atoms with Gasteiger partial charge in [0.1, 0.15) is 5.58 Å². The van der Waals surface area contributed by atoms with E-state index in [0.29, 0.717) is 11.5 Å². The van der Waals surface area contributed by atoms with Crippen molar-refractivity contribution in [1.29, 1.82) is 0 Å². The number of rotatable bonds is 4. The highest BCUT2D eigenvalue weighted by molar-refractivity contribution is 9.10. The summed E-state index contributed by atoms with van der Waals surface area (Å²) < 4.78 is 6.73. The van der Waals surface area contributed by atoms with Crippen LogP contribution in [0.15, 0.2) is 62.3 Å². The Bertz CT molecular complexity index is 790. The number of hydrogen-bond acceptors (Lipinski definition) is 3. The molecule has 3 rings (SSSR count). The third-order valence-corrected chi connectivity index (χ3v) is 4.74. The molecule has 2 nitrogen and oxygen atoms in total. The fourth-order valence-corrected chi connectivity index (χ4v) is 3.13. The Morgan fingerprint density at radius 2 is 1.95 bits per heavy atom. The number of carbonyl (C=O) groups excluding carboxylic acids is 1. The Morgan fingerprint density at radius 1 is 1.19 bits per heavy atom. The summed E-state index contributed by atoms with van der Waals surface area (Å²) >= 11 is 4.91. The van der Waals surface area contributed by atoms with Gasteiger partial charge in [-0.05, 0) is 42.8 Å². The molecule has 0 saturated carbocycles. The molecule has 4 heteroatoms. The van der Waals surface area contributed by atoms with Crippen molar-refractivity contribution >= 4 is 44.4 Å². The van der Waals surface area contributed by atoms with Gasteiger partial charge in [0.05, 0.1) is 5.75 Å². The number of fused-ring (bicyclic) bond motifs is 1. The van der Waals surface area contributed by atoms with Gasteiger partial charge in [0.25, 0.3) is 0 Å². The van der Waals surface area contributed by atoms with Gasteiger partial charge in [-0.25, -0.2) is 0 Å². The van der Waals surface area contributed by atoms with E-state index in [2.05, 4.69) is 15.9 Å². The molecule has 0 atom stereocenters. The van der Waals surface area contributed by atoms with E-state index in [1.807, 2.05) is 55.5 Å². The second-order valence-electron chi connectivity index (χ2n) is 4.77. The highest BCUT2D eigenvalue weighted by atomic mass is 79.9. The van der Waals surface area contributed by atoms with Crippen molar-refractivity contribution in [2.45, 2.75) is 11.8 Å². The molecule has 0 unspecified atom stereocenters. The van der Waals surface area contributed by atoms with Gasteiger partial charge in [-0.2, -0.15) is 0 Å². The molecule has 0 spiro atoms. The molecule has 0 fully saturated rings. The monoisotopic (exact) mass is 360 g/mol. The normalized spacial score (nSPS) is 11.0. The number of halogens is 1. The maximum absolute atomic E-state index is 12.2. The number of ketones is 1. The molecule has 0 aliphatic heterocycles. The fourth-order valence-electron chi connectivity index (χ4n) is 2.10. The predicted octanol–water partition coefficient (Wildman–Crippen LogP) is 5.48. The number of furan rings is 1. The van der Waals surface area contributed by atoms with Crippen LogP contribution in [0.3, 0.4) is 0 Å². The molecule has 3 aromatic rings. The second-order valence-corrected chi connectivity index (χ2v) is 6.73. The van der Waals surface area contributed by atoms with E-state index in [1.165, 1.54) is 11.8 Å². The average Bonchev–Trinajstić information content (AvgIpc) is 2.92. The molecule has 1 aromatic heterocycles. The smallest absolute Gasteiger partial charge is 0.208 e. The van der Waals surface area contributed by atoms with Crippen LogP contribution in [0.2, 0.25) is 0 Å². The lowest BCUT2D eigenvalue weighted by molar-refractivity contribution is 0.0994. The lowest BCUT2D eigenvalue weighted by Crippen LogP contribution is -2.00. The van der Waals surface area contributed by atoms with Crippen molar-refractivity contribution in [3.8, 4) is 0 Å². The zero-order chi connectivity index (χ0) is 14.8. The van der Waals surface area contributed by atoms with Crippen LogP contribution in [0.5, 0.6) is 0 Å². The minimum Gasteiger partial charge on any atom is -0.453 e. The summed E-state index contributed by atoms with van der Waals surface area (Å²) in [7, 11) is 0. The van der Waals surface area contributed by atoms with Gasteiger partial charge in [0.2, 0.25) is 5.78 Å². The summed E-state index contributed by atoms with van der Waals surface area (Å²) in [5, 5.41) is 0.979. The van der Waals surface area contributed by atoms with Crippen LogP contribution in [-0.2, 0) is 0 Å². The molecule has 0 radical (unpaired) electrons. The predicted molar refractivity (Wildman–Crippen MR) is 90.1 cm³/mol. The number of hydrogen-bond donors (Lipinski definition) is 0. The van der Waals surface area contributed by atoms with Gasteiger partial charge in [-0.15, -0.1) is 11.8 Å². The van der Waals surface area contributed by atoms with Crippen LogP contribution in [0.25, 0.3) is 11.0 Å². The Morgan fingerprint density at radius 3 is 2.67 bits per heavy atom. The van der Waals surface area contributed by atoms with E-state index >= 15 is 0 Å². The van der Waals surface area contributed by atoms with Crippen LogP contribution >= 0.6 is 27.7 Å². The Kier molecular flexibility index (Phi) is 4.17. The van der Waals surface area contributed by atoms with Crippen molar-refractivity contribution < 1.29 is 9.21 Å². The van der Waals surface area contributed by atoms with E-state index in [4.69, 9.17) is 4.42 Å². The van der Waals surface area contributed by atoms with Gasteiger partial charge in [-0.1, -0.05) is 34.1 Å². The first kappa shape index (κ1) is 14.4. The van der Waals surface area contributed by atoms with Crippen LogP contribution in [0.1, 0.15) is 16.1 Å². The average molecular weight is 361 g/mol. The minimum atomic E-state index is 0.0125. The molecule has 0 bridgehead atoms. The molecular formula is C17H13BrO2S. The van der Waals surface area contributed by atoms with E-state index in [0.717, 1.165) is 25.9 Å². The van der Waals surface area contributed by atoms with E-state index in [1.54, 1.807) is 0 Å². The number of Topliss-reactive ketones (excluding diaryl/α,β-unsaturated/α-hetero) is 1. The fraction of sp³-hybridized carbons (Fsp3) is 0.118. The molecule has 21 heavy (non-hydrogen) atoms. The van der Waals surface area contributed by atoms with E-state index < -0.39 is 0 Å². The third kappa shape index (κ3) is 3.22. The second kappa shape index (κ2) is 6.08. The van der Waals surface area contributed by atoms with Crippen molar-refractivity contribution in [2.24, 2.45) is 0 Å². The summed E-state index contributed by atoms with van der Waals surface area (Å²) in [4.78, 5) is 13.3. The summed E-state index contributed by atoms with van der Waals surface area (Å²) in [5.41, 5.74) is 1.85. The summed E-state index contributed by atoms with van der Waals surface area (Å²) in [6.45, 7) is 1.98. The molecule has 2 aromatic carbocycles. The van der Waals surface area contributed by atoms with Gasteiger partial charge < -0.3 is 4.42 Å². The number of carbonyl (C=O) groups is 1. The highest BCUT2D eigenvalue weighted by Crippen LogP contribution is 2.25. The number of aryl methyl sites for hydroxylation is 1. The van der Waals surface area contributed by atoms with Gasteiger partial charge in [-0.3, -0.25) is 4.79 Å². The largest absolute Gasteiger partial charge is 0.453 e. The topological polar surface area (TPSA) is 30.2 Å². The van der Waals surface area contributed by atoms with Crippen LogP contribution in [0.4, 0.5) is 0 Å². The van der Waals surface area contributed by atoms with Crippen LogP contribution in [-0.4, -0.2) is 11.5 Å². The minimum absolute atomic E-state index is 0.0125. The SMILES string of the molecule is Cc1cccc2cc(C(=O)CSc3ccc(Br)cc3)oc12. The van der Waals surface area contributed by atoms with Crippen molar-refractivity contribution in [3.05, 3.63) is 64.3 Å². The van der Waals surface area contributed by atoms with Crippen LogP contribution in [0, 0.1) is 6.92 Å². The maximum Gasteiger partial charge on any atom is 0.208 e.